The zero-order valence-corrected chi connectivity index (χ0v) is 22.2. The molecule has 0 spiro atoms. The fourth-order valence-corrected chi connectivity index (χ4v) is 5.24. The number of hydrogen-bond donors (Lipinski definition) is 0. The molecule has 0 atom stereocenters. The number of carboxylic acids is 1. The number of aliphatic carboxylic acids is 1. The van der Waals surface area contributed by atoms with Crippen molar-refractivity contribution in [3.05, 3.63) is 104 Å². The summed E-state index contributed by atoms with van der Waals surface area (Å²) < 4.78 is 2.96. The number of benzene rings is 2. The molecule has 2 aromatic carbocycles. The standard InChI is InChI=1S/C18H30O2.C12H10I/c1-2-3-4-5-6-7-8-9-10-11-12-13-14-15-16-17-18(19)20;1-3-7-11(8-4-1)13-12-9-5-2-6-10-12/h3-4,6-7,9-10H,2,5,8,11-17H2,1H3,(H,19,20);1-10H/q;+1/p-1/b4-3-,7-6-,10-9-;. The summed E-state index contributed by atoms with van der Waals surface area (Å²) in [4.78, 5) is 10.2. The topological polar surface area (TPSA) is 40.1 Å². The molecule has 2 rings (SSSR count). The Balaban J connectivity index is 0.000000357. The number of carboxylic acid groups (broad SMARTS) is 1. The van der Waals surface area contributed by atoms with Crippen LogP contribution < -0.4 is 26.3 Å². The summed E-state index contributed by atoms with van der Waals surface area (Å²) in [5.74, 6) is -0.925. The van der Waals surface area contributed by atoms with Gasteiger partial charge in [-0.1, -0.05) is 99.0 Å². The SMILES string of the molecule is CC/C=C\C/C=C\C/C=C\CCCCCCCC(=O)[O-].c1ccc([I+]c2ccccc2)cc1. The van der Waals surface area contributed by atoms with Crippen LogP contribution in [0.25, 0.3) is 0 Å². The molecule has 0 unspecified atom stereocenters. The van der Waals surface area contributed by atoms with Crippen molar-refractivity contribution in [1.82, 2.24) is 0 Å². The number of carbonyl (C=O) groups excluding carboxylic acids is 1. The molecule has 0 aromatic heterocycles. The second kappa shape index (κ2) is 21.7. The molecule has 0 N–H and O–H groups in total. The van der Waals surface area contributed by atoms with E-state index in [-0.39, 0.29) is 27.6 Å². The number of hydrogen-bond acceptors (Lipinski definition) is 2. The number of unbranched alkanes of at least 4 members (excludes halogenated alkanes) is 5. The molecule has 33 heavy (non-hydrogen) atoms. The molecule has 0 saturated carbocycles. The van der Waals surface area contributed by atoms with E-state index in [0.717, 1.165) is 44.9 Å². The first-order chi connectivity index (χ1) is 16.2. The fraction of sp³-hybridized carbons (Fsp3) is 0.367. The predicted octanol–water partition coefficient (Wildman–Crippen LogP) is 4.14. The minimum absolute atomic E-state index is 0.0287. The van der Waals surface area contributed by atoms with Crippen LogP contribution in [0.4, 0.5) is 0 Å². The van der Waals surface area contributed by atoms with Crippen LogP contribution in [0.15, 0.2) is 97.1 Å². The summed E-state index contributed by atoms with van der Waals surface area (Å²) in [7, 11) is 0. The summed E-state index contributed by atoms with van der Waals surface area (Å²) in [6.07, 6.45) is 23.0. The van der Waals surface area contributed by atoms with Gasteiger partial charge in [0.05, 0.1) is 0 Å². The highest BCUT2D eigenvalue weighted by atomic mass is 127. The number of carbonyl (C=O) groups is 1. The lowest BCUT2D eigenvalue weighted by atomic mass is 10.1. The molecule has 0 fully saturated rings. The van der Waals surface area contributed by atoms with Crippen LogP contribution in [-0.2, 0) is 4.79 Å². The number of halogens is 1. The van der Waals surface area contributed by atoms with Crippen molar-refractivity contribution in [2.75, 3.05) is 0 Å². The summed E-state index contributed by atoms with van der Waals surface area (Å²) in [6.45, 7) is 2.15. The monoisotopic (exact) mass is 558 g/mol. The Morgan fingerprint density at radius 3 is 1.73 bits per heavy atom. The van der Waals surface area contributed by atoms with Crippen LogP contribution in [0.1, 0.15) is 71.1 Å². The smallest absolute Gasteiger partial charge is 0.357 e. The van der Waals surface area contributed by atoms with Crippen LogP contribution in [0, 0.1) is 7.14 Å². The molecule has 3 heteroatoms. The van der Waals surface area contributed by atoms with Crippen molar-refractivity contribution in [3.8, 4) is 0 Å². The molecule has 0 radical (unpaired) electrons. The molecule has 0 aliphatic rings. The van der Waals surface area contributed by atoms with Gasteiger partial charge in [-0.15, -0.1) is 0 Å². The lowest BCUT2D eigenvalue weighted by Gasteiger charge is -2.01. The molecule has 2 nitrogen and oxygen atoms in total. The molecule has 0 aliphatic carbocycles. The first-order valence-corrected chi connectivity index (χ1v) is 14.3. The number of rotatable bonds is 15. The summed E-state index contributed by atoms with van der Waals surface area (Å²) in [5.41, 5.74) is 0. The highest BCUT2D eigenvalue weighted by Crippen LogP contribution is 2.07. The van der Waals surface area contributed by atoms with Crippen molar-refractivity contribution in [2.24, 2.45) is 0 Å². The third-order valence-corrected chi connectivity index (χ3v) is 7.40. The van der Waals surface area contributed by atoms with Gasteiger partial charge in [-0.05, 0) is 69.2 Å². The lowest BCUT2D eigenvalue weighted by Crippen LogP contribution is -3.61. The largest absolute Gasteiger partial charge is 0.550 e. The van der Waals surface area contributed by atoms with E-state index in [1.54, 1.807) is 0 Å². The van der Waals surface area contributed by atoms with E-state index >= 15 is 0 Å². The minimum atomic E-state index is -0.925. The Labute approximate surface area is 211 Å². The molecule has 0 bridgehead atoms. The summed E-state index contributed by atoms with van der Waals surface area (Å²) in [6, 6.07) is 21.4. The first kappa shape index (κ1) is 28.9. The van der Waals surface area contributed by atoms with Gasteiger partial charge < -0.3 is 9.90 Å². The summed E-state index contributed by atoms with van der Waals surface area (Å²) in [5, 5.41) is 10.2. The molecular weight excluding hydrogens is 519 g/mol. The first-order valence-electron chi connectivity index (χ1n) is 12.1. The van der Waals surface area contributed by atoms with E-state index in [9.17, 15) is 9.90 Å². The molecule has 2 aromatic rings. The van der Waals surface area contributed by atoms with E-state index in [0.29, 0.717) is 0 Å². The van der Waals surface area contributed by atoms with Crippen LogP contribution in [0.5, 0.6) is 0 Å². The molecule has 0 amide bonds. The Kier molecular flexibility index (Phi) is 19.0. The fourth-order valence-electron chi connectivity index (χ4n) is 2.97. The maximum atomic E-state index is 10.2. The highest BCUT2D eigenvalue weighted by molar-refractivity contribution is 5.64. The molecule has 0 saturated heterocycles. The number of allylic oxidation sites excluding steroid dienone is 6. The van der Waals surface area contributed by atoms with Crippen molar-refractivity contribution in [2.45, 2.75) is 71.1 Å². The van der Waals surface area contributed by atoms with Gasteiger partial charge in [0, 0.05) is 5.97 Å². The van der Waals surface area contributed by atoms with Crippen molar-refractivity contribution >= 4 is 5.97 Å². The van der Waals surface area contributed by atoms with Crippen molar-refractivity contribution in [1.29, 1.82) is 0 Å². The van der Waals surface area contributed by atoms with Crippen molar-refractivity contribution in [3.63, 3.8) is 0 Å². The second-order valence-electron chi connectivity index (χ2n) is 7.66. The van der Waals surface area contributed by atoms with E-state index in [2.05, 4.69) is 104 Å². The zero-order chi connectivity index (χ0) is 23.8. The van der Waals surface area contributed by atoms with E-state index in [1.807, 2.05) is 0 Å². The third kappa shape index (κ3) is 19.1. The lowest BCUT2D eigenvalue weighted by molar-refractivity contribution is -0.597. The maximum absolute atomic E-state index is 10.2. The van der Waals surface area contributed by atoms with Crippen molar-refractivity contribution < 1.29 is 31.1 Å². The van der Waals surface area contributed by atoms with Crippen LogP contribution in [0.3, 0.4) is 0 Å². The van der Waals surface area contributed by atoms with Gasteiger partial charge in [0.25, 0.3) is 0 Å². The molecular formula is C30H39IO2. The quantitative estimate of drug-likeness (QED) is 0.187. The summed E-state index contributed by atoms with van der Waals surface area (Å²) >= 11 is 0.0287. The van der Waals surface area contributed by atoms with Gasteiger partial charge in [-0.3, -0.25) is 0 Å². The predicted molar refractivity (Wildman–Crippen MR) is 135 cm³/mol. The van der Waals surface area contributed by atoms with Gasteiger partial charge in [-0.2, -0.15) is 0 Å². The Morgan fingerprint density at radius 1 is 0.697 bits per heavy atom. The van der Waals surface area contributed by atoms with Gasteiger partial charge in [-0.25, -0.2) is 0 Å². The molecule has 0 heterocycles. The maximum Gasteiger partial charge on any atom is 0.357 e. The minimum Gasteiger partial charge on any atom is -0.550 e. The van der Waals surface area contributed by atoms with Crippen LogP contribution in [-0.4, -0.2) is 5.97 Å². The Morgan fingerprint density at radius 2 is 1.18 bits per heavy atom. The average Bonchev–Trinajstić information content (AvgIpc) is 2.83. The van der Waals surface area contributed by atoms with Gasteiger partial charge in [0.1, 0.15) is 0 Å². The van der Waals surface area contributed by atoms with E-state index < -0.39 is 5.97 Å². The Bertz CT molecular complexity index is 757. The van der Waals surface area contributed by atoms with Crippen LogP contribution in [0.2, 0.25) is 0 Å². The second-order valence-corrected chi connectivity index (χ2v) is 10.7. The van der Waals surface area contributed by atoms with Gasteiger partial charge in [0.15, 0.2) is 7.14 Å². The van der Waals surface area contributed by atoms with E-state index in [1.165, 1.54) is 20.0 Å². The zero-order valence-electron chi connectivity index (χ0n) is 20.0. The third-order valence-electron chi connectivity index (χ3n) is 4.72. The highest BCUT2D eigenvalue weighted by Gasteiger charge is 2.12. The molecule has 0 aliphatic heterocycles. The van der Waals surface area contributed by atoms with Gasteiger partial charge in [0.2, 0.25) is 0 Å². The average molecular weight is 559 g/mol. The van der Waals surface area contributed by atoms with Gasteiger partial charge >= 0.3 is 21.2 Å². The van der Waals surface area contributed by atoms with E-state index in [4.69, 9.17) is 0 Å². The van der Waals surface area contributed by atoms with Crippen LogP contribution >= 0.6 is 0 Å². The molecule has 178 valence electrons. The Hall–Kier alpha value is -2.14. The normalized spacial score (nSPS) is 11.2.